The van der Waals surface area contributed by atoms with Crippen molar-refractivity contribution in [3.05, 3.63) is 23.9 Å². The quantitative estimate of drug-likeness (QED) is 0.767. The third-order valence-electron chi connectivity index (χ3n) is 3.17. The minimum atomic E-state index is 0.464. The van der Waals surface area contributed by atoms with Crippen molar-refractivity contribution in [2.75, 3.05) is 32.2 Å². The van der Waals surface area contributed by atoms with Crippen molar-refractivity contribution >= 4 is 5.82 Å². The summed E-state index contributed by atoms with van der Waals surface area (Å²) in [5, 5.41) is 3.19. The molecule has 18 heavy (non-hydrogen) atoms. The molecule has 0 saturated heterocycles. The fourth-order valence-corrected chi connectivity index (χ4v) is 1.96. The summed E-state index contributed by atoms with van der Waals surface area (Å²) in [5.74, 6) is 1.07. The van der Waals surface area contributed by atoms with Gasteiger partial charge in [-0.2, -0.15) is 0 Å². The van der Waals surface area contributed by atoms with Gasteiger partial charge in [-0.3, -0.25) is 0 Å². The summed E-state index contributed by atoms with van der Waals surface area (Å²) in [5.41, 5.74) is 1.23. The van der Waals surface area contributed by atoms with Crippen molar-refractivity contribution in [1.82, 2.24) is 10.3 Å². The van der Waals surface area contributed by atoms with Crippen molar-refractivity contribution in [3.63, 3.8) is 0 Å². The molecule has 0 fully saturated rings. The highest BCUT2D eigenvalue weighted by Gasteiger charge is 2.16. The Hall–Kier alpha value is -1.13. The van der Waals surface area contributed by atoms with E-state index in [1.165, 1.54) is 5.56 Å². The largest absolute Gasteiger partial charge is 0.383 e. The number of aromatic nitrogens is 1. The van der Waals surface area contributed by atoms with Crippen molar-refractivity contribution in [1.29, 1.82) is 0 Å². The molecule has 1 rings (SSSR count). The van der Waals surface area contributed by atoms with E-state index < -0.39 is 0 Å². The van der Waals surface area contributed by atoms with E-state index in [0.717, 1.165) is 31.9 Å². The normalized spacial score (nSPS) is 12.4. The predicted molar refractivity (Wildman–Crippen MR) is 76.0 cm³/mol. The fourth-order valence-electron chi connectivity index (χ4n) is 1.96. The van der Waals surface area contributed by atoms with E-state index in [-0.39, 0.29) is 0 Å². The van der Waals surface area contributed by atoms with Crippen molar-refractivity contribution in [3.8, 4) is 0 Å². The SMILES string of the molecule is CCC(C)N(CCOC)c1ncccc1CNC. The summed E-state index contributed by atoms with van der Waals surface area (Å²) < 4.78 is 5.20. The van der Waals surface area contributed by atoms with Crippen LogP contribution < -0.4 is 10.2 Å². The maximum absolute atomic E-state index is 5.20. The molecule has 0 saturated carbocycles. The fraction of sp³-hybridized carbons (Fsp3) is 0.643. The number of ether oxygens (including phenoxy) is 1. The maximum atomic E-state index is 5.20. The van der Waals surface area contributed by atoms with Crippen LogP contribution >= 0.6 is 0 Å². The Bertz CT molecular complexity index is 344. The smallest absolute Gasteiger partial charge is 0.133 e. The second-order valence-electron chi connectivity index (χ2n) is 4.46. The van der Waals surface area contributed by atoms with Crippen molar-refractivity contribution in [2.24, 2.45) is 0 Å². The van der Waals surface area contributed by atoms with Gasteiger partial charge in [-0.1, -0.05) is 13.0 Å². The standard InChI is InChI=1S/C14H25N3O/c1-5-12(2)17(9-10-18-4)14-13(11-15-3)7-6-8-16-14/h6-8,12,15H,5,9-11H2,1-4H3. The van der Waals surface area contributed by atoms with Gasteiger partial charge in [0.15, 0.2) is 0 Å². The zero-order chi connectivity index (χ0) is 13.4. The number of nitrogens with one attached hydrogen (secondary N) is 1. The highest BCUT2D eigenvalue weighted by molar-refractivity contribution is 5.47. The number of hydrogen-bond donors (Lipinski definition) is 1. The molecule has 0 aliphatic carbocycles. The van der Waals surface area contributed by atoms with Gasteiger partial charge in [0.05, 0.1) is 6.61 Å². The molecule has 1 aromatic heterocycles. The first-order valence-electron chi connectivity index (χ1n) is 6.58. The van der Waals surface area contributed by atoms with Crippen LogP contribution in [-0.4, -0.2) is 38.3 Å². The number of hydrogen-bond acceptors (Lipinski definition) is 4. The van der Waals surface area contributed by atoms with E-state index in [0.29, 0.717) is 6.04 Å². The van der Waals surface area contributed by atoms with Gasteiger partial charge in [-0.15, -0.1) is 0 Å². The van der Waals surface area contributed by atoms with Crippen molar-refractivity contribution < 1.29 is 4.74 Å². The molecule has 0 amide bonds. The lowest BCUT2D eigenvalue weighted by atomic mass is 10.1. The molecule has 102 valence electrons. The monoisotopic (exact) mass is 251 g/mol. The Balaban J connectivity index is 2.95. The summed E-state index contributed by atoms with van der Waals surface area (Å²) in [4.78, 5) is 6.88. The van der Waals surface area contributed by atoms with E-state index in [4.69, 9.17) is 4.74 Å². The average Bonchev–Trinajstić information content (AvgIpc) is 2.40. The molecule has 0 spiro atoms. The highest BCUT2D eigenvalue weighted by Crippen LogP contribution is 2.20. The van der Waals surface area contributed by atoms with Gasteiger partial charge in [-0.05, 0) is 26.5 Å². The van der Waals surface area contributed by atoms with E-state index in [1.54, 1.807) is 7.11 Å². The zero-order valence-corrected chi connectivity index (χ0v) is 11.9. The molecule has 1 heterocycles. The molecule has 0 bridgehead atoms. The molecule has 0 aliphatic rings. The Morgan fingerprint density at radius 1 is 1.50 bits per heavy atom. The minimum Gasteiger partial charge on any atom is -0.383 e. The third-order valence-corrected chi connectivity index (χ3v) is 3.17. The number of nitrogens with zero attached hydrogens (tertiary/aromatic N) is 2. The van der Waals surface area contributed by atoms with E-state index in [9.17, 15) is 0 Å². The van der Waals surface area contributed by atoms with E-state index in [1.807, 2.05) is 19.3 Å². The van der Waals surface area contributed by atoms with Gasteiger partial charge >= 0.3 is 0 Å². The molecule has 1 atom stereocenters. The van der Waals surface area contributed by atoms with Crippen LogP contribution in [0, 0.1) is 0 Å². The van der Waals surface area contributed by atoms with Crippen LogP contribution in [0.1, 0.15) is 25.8 Å². The Morgan fingerprint density at radius 2 is 2.28 bits per heavy atom. The molecule has 0 aliphatic heterocycles. The van der Waals surface area contributed by atoms with Crippen LogP contribution in [0.5, 0.6) is 0 Å². The Morgan fingerprint density at radius 3 is 2.89 bits per heavy atom. The lowest BCUT2D eigenvalue weighted by molar-refractivity contribution is 0.203. The third kappa shape index (κ3) is 3.96. The molecular weight excluding hydrogens is 226 g/mol. The average molecular weight is 251 g/mol. The first kappa shape index (κ1) is 14.9. The van der Waals surface area contributed by atoms with Gasteiger partial charge in [0.25, 0.3) is 0 Å². The number of anilines is 1. The molecule has 1 aromatic rings. The number of rotatable bonds is 8. The summed E-state index contributed by atoms with van der Waals surface area (Å²) in [6.07, 6.45) is 2.95. The molecule has 4 heteroatoms. The molecular formula is C14H25N3O. The summed E-state index contributed by atoms with van der Waals surface area (Å²) in [6.45, 7) is 6.86. The van der Waals surface area contributed by atoms with Gasteiger partial charge in [0.1, 0.15) is 5.82 Å². The first-order valence-corrected chi connectivity index (χ1v) is 6.58. The Kier molecular flexibility index (Phi) is 6.68. The van der Waals surface area contributed by atoms with Crippen LogP contribution in [0.25, 0.3) is 0 Å². The molecule has 4 nitrogen and oxygen atoms in total. The van der Waals surface area contributed by atoms with Gasteiger partial charge < -0.3 is 15.0 Å². The molecule has 0 radical (unpaired) electrons. The Labute approximate surface area is 110 Å². The predicted octanol–water partition coefficient (Wildman–Crippen LogP) is 2.05. The second kappa shape index (κ2) is 8.06. The lowest BCUT2D eigenvalue weighted by Crippen LogP contribution is -2.37. The van der Waals surface area contributed by atoms with Crippen molar-refractivity contribution in [2.45, 2.75) is 32.9 Å². The first-order chi connectivity index (χ1) is 8.74. The number of methoxy groups -OCH3 is 1. The summed E-state index contributed by atoms with van der Waals surface area (Å²) in [6, 6.07) is 4.58. The van der Waals surface area contributed by atoms with Gasteiger partial charge in [-0.25, -0.2) is 4.98 Å². The van der Waals surface area contributed by atoms with E-state index >= 15 is 0 Å². The maximum Gasteiger partial charge on any atom is 0.133 e. The highest BCUT2D eigenvalue weighted by atomic mass is 16.5. The molecule has 1 N–H and O–H groups in total. The van der Waals surface area contributed by atoms with Crippen LogP contribution in [0.2, 0.25) is 0 Å². The second-order valence-corrected chi connectivity index (χ2v) is 4.46. The van der Waals surface area contributed by atoms with Crippen LogP contribution in [-0.2, 0) is 11.3 Å². The minimum absolute atomic E-state index is 0.464. The lowest BCUT2D eigenvalue weighted by Gasteiger charge is -2.31. The van der Waals surface area contributed by atoms with Crippen LogP contribution in [0.3, 0.4) is 0 Å². The molecule has 0 aromatic carbocycles. The van der Waals surface area contributed by atoms with Crippen LogP contribution in [0.4, 0.5) is 5.82 Å². The van der Waals surface area contributed by atoms with Gasteiger partial charge in [0.2, 0.25) is 0 Å². The summed E-state index contributed by atoms with van der Waals surface area (Å²) in [7, 11) is 3.70. The molecule has 1 unspecified atom stereocenters. The topological polar surface area (TPSA) is 37.4 Å². The summed E-state index contributed by atoms with van der Waals surface area (Å²) >= 11 is 0. The zero-order valence-electron chi connectivity index (χ0n) is 11.9. The van der Waals surface area contributed by atoms with E-state index in [2.05, 4.69) is 35.1 Å². The van der Waals surface area contributed by atoms with Gasteiger partial charge in [0, 0.05) is 38.0 Å². The van der Waals surface area contributed by atoms with Crippen LogP contribution in [0.15, 0.2) is 18.3 Å². The number of pyridine rings is 1.